The highest BCUT2D eigenvalue weighted by molar-refractivity contribution is 6.34. The molecule has 0 radical (unpaired) electrons. The molecule has 0 bridgehead atoms. The molecule has 2 aromatic rings. The van der Waals surface area contributed by atoms with Gasteiger partial charge in [-0.3, -0.25) is 4.79 Å². The summed E-state index contributed by atoms with van der Waals surface area (Å²) in [4.78, 5) is 12.2. The van der Waals surface area contributed by atoms with Crippen molar-refractivity contribution in [1.29, 1.82) is 0 Å². The van der Waals surface area contributed by atoms with E-state index in [9.17, 15) is 4.79 Å². The standard InChI is InChI=1S/C16H17ClN2O/c1-9-6-11(3)15(13(17)7-9)19-16(20)12-5-4-10(2)14(18)8-12/h4-8H,18H2,1-3H3,(H,19,20). The molecule has 0 aromatic heterocycles. The van der Waals surface area contributed by atoms with Crippen molar-refractivity contribution in [3.63, 3.8) is 0 Å². The van der Waals surface area contributed by atoms with Crippen molar-refractivity contribution in [3.05, 3.63) is 57.6 Å². The molecule has 20 heavy (non-hydrogen) atoms. The quantitative estimate of drug-likeness (QED) is 0.818. The van der Waals surface area contributed by atoms with Crippen molar-refractivity contribution in [3.8, 4) is 0 Å². The maximum absolute atomic E-state index is 12.2. The number of amides is 1. The van der Waals surface area contributed by atoms with E-state index in [0.717, 1.165) is 16.7 Å². The highest BCUT2D eigenvalue weighted by Crippen LogP contribution is 2.28. The molecule has 0 heterocycles. The SMILES string of the molecule is Cc1cc(C)c(NC(=O)c2ccc(C)c(N)c2)c(Cl)c1. The Morgan fingerprint density at radius 1 is 1.10 bits per heavy atom. The van der Waals surface area contributed by atoms with Crippen LogP contribution in [0.3, 0.4) is 0 Å². The molecule has 0 aliphatic carbocycles. The number of rotatable bonds is 2. The molecule has 2 rings (SSSR count). The molecule has 3 nitrogen and oxygen atoms in total. The summed E-state index contributed by atoms with van der Waals surface area (Å²) >= 11 is 6.18. The van der Waals surface area contributed by atoms with Crippen LogP contribution in [0.5, 0.6) is 0 Å². The third-order valence-electron chi connectivity index (χ3n) is 3.21. The summed E-state index contributed by atoms with van der Waals surface area (Å²) < 4.78 is 0. The van der Waals surface area contributed by atoms with Gasteiger partial charge in [0.1, 0.15) is 0 Å². The van der Waals surface area contributed by atoms with Gasteiger partial charge in [0.05, 0.1) is 10.7 Å². The molecular weight excluding hydrogens is 272 g/mol. The monoisotopic (exact) mass is 288 g/mol. The maximum Gasteiger partial charge on any atom is 0.255 e. The minimum Gasteiger partial charge on any atom is -0.398 e. The van der Waals surface area contributed by atoms with Gasteiger partial charge in [-0.25, -0.2) is 0 Å². The second-order valence-electron chi connectivity index (χ2n) is 4.96. The van der Waals surface area contributed by atoms with Crippen LogP contribution in [0.2, 0.25) is 5.02 Å². The van der Waals surface area contributed by atoms with Gasteiger partial charge in [-0.15, -0.1) is 0 Å². The average Bonchev–Trinajstić information content (AvgIpc) is 2.36. The third kappa shape index (κ3) is 2.94. The van der Waals surface area contributed by atoms with Gasteiger partial charge in [-0.1, -0.05) is 23.7 Å². The van der Waals surface area contributed by atoms with Crippen LogP contribution in [0.1, 0.15) is 27.0 Å². The van der Waals surface area contributed by atoms with Gasteiger partial charge in [-0.05, 0) is 55.7 Å². The van der Waals surface area contributed by atoms with Crippen LogP contribution in [0.15, 0.2) is 30.3 Å². The minimum atomic E-state index is -0.217. The number of hydrogen-bond donors (Lipinski definition) is 2. The first-order valence-electron chi connectivity index (χ1n) is 6.32. The number of nitrogens with two attached hydrogens (primary N) is 1. The summed E-state index contributed by atoms with van der Waals surface area (Å²) in [5, 5.41) is 3.38. The van der Waals surface area contributed by atoms with Crippen LogP contribution < -0.4 is 11.1 Å². The number of halogens is 1. The zero-order chi connectivity index (χ0) is 14.9. The fourth-order valence-corrected chi connectivity index (χ4v) is 2.41. The Bertz CT molecular complexity index is 657. The van der Waals surface area contributed by atoms with Gasteiger partial charge in [0.2, 0.25) is 0 Å². The van der Waals surface area contributed by atoms with E-state index >= 15 is 0 Å². The number of carbonyl (C=O) groups excluding carboxylic acids is 1. The van der Waals surface area contributed by atoms with Crippen molar-refractivity contribution in [2.75, 3.05) is 11.1 Å². The summed E-state index contributed by atoms with van der Waals surface area (Å²) in [6, 6.07) is 9.05. The summed E-state index contributed by atoms with van der Waals surface area (Å²) in [6.07, 6.45) is 0. The highest BCUT2D eigenvalue weighted by atomic mass is 35.5. The highest BCUT2D eigenvalue weighted by Gasteiger charge is 2.12. The van der Waals surface area contributed by atoms with Crippen molar-refractivity contribution in [2.45, 2.75) is 20.8 Å². The Kier molecular flexibility index (Phi) is 4.00. The van der Waals surface area contributed by atoms with Crippen molar-refractivity contribution >= 4 is 28.9 Å². The third-order valence-corrected chi connectivity index (χ3v) is 3.51. The van der Waals surface area contributed by atoms with Crippen LogP contribution in [-0.4, -0.2) is 5.91 Å². The van der Waals surface area contributed by atoms with Gasteiger partial charge < -0.3 is 11.1 Å². The molecular formula is C16H17ClN2O. The fourth-order valence-electron chi connectivity index (χ4n) is 2.04. The normalized spacial score (nSPS) is 10.4. The first-order chi connectivity index (χ1) is 9.38. The predicted octanol–water partition coefficient (Wildman–Crippen LogP) is 4.10. The van der Waals surface area contributed by atoms with Crippen LogP contribution in [0, 0.1) is 20.8 Å². The molecule has 0 saturated carbocycles. The Labute approximate surface area is 123 Å². The van der Waals surface area contributed by atoms with E-state index in [2.05, 4.69) is 5.32 Å². The summed E-state index contributed by atoms with van der Waals surface area (Å²) in [5.74, 6) is -0.217. The average molecular weight is 289 g/mol. The number of nitrogens with one attached hydrogen (secondary N) is 1. The summed E-state index contributed by atoms with van der Waals surface area (Å²) in [6.45, 7) is 5.78. The van der Waals surface area contributed by atoms with Gasteiger partial charge in [0.15, 0.2) is 0 Å². The molecule has 0 unspecified atom stereocenters. The van der Waals surface area contributed by atoms with E-state index in [1.165, 1.54) is 0 Å². The molecule has 4 heteroatoms. The van der Waals surface area contributed by atoms with Crippen molar-refractivity contribution in [2.24, 2.45) is 0 Å². The van der Waals surface area contributed by atoms with E-state index in [1.807, 2.05) is 39.0 Å². The first-order valence-corrected chi connectivity index (χ1v) is 6.70. The van der Waals surface area contributed by atoms with E-state index in [1.54, 1.807) is 12.1 Å². The van der Waals surface area contributed by atoms with E-state index in [-0.39, 0.29) is 5.91 Å². The maximum atomic E-state index is 12.2. The van der Waals surface area contributed by atoms with Crippen LogP contribution in [-0.2, 0) is 0 Å². The van der Waals surface area contributed by atoms with Crippen LogP contribution in [0.4, 0.5) is 11.4 Å². The number of benzene rings is 2. The minimum absolute atomic E-state index is 0.217. The van der Waals surface area contributed by atoms with Crippen LogP contribution >= 0.6 is 11.6 Å². The summed E-state index contributed by atoms with van der Waals surface area (Å²) in [7, 11) is 0. The molecule has 104 valence electrons. The second kappa shape index (κ2) is 5.55. The zero-order valence-electron chi connectivity index (χ0n) is 11.8. The Morgan fingerprint density at radius 3 is 2.40 bits per heavy atom. The molecule has 0 aliphatic rings. The zero-order valence-corrected chi connectivity index (χ0v) is 12.5. The Hall–Kier alpha value is -2.00. The molecule has 0 saturated heterocycles. The smallest absolute Gasteiger partial charge is 0.255 e. The second-order valence-corrected chi connectivity index (χ2v) is 5.37. The predicted molar refractivity (Wildman–Crippen MR) is 84.5 cm³/mol. The molecule has 0 fully saturated rings. The first kappa shape index (κ1) is 14.4. The topological polar surface area (TPSA) is 55.1 Å². The molecule has 3 N–H and O–H groups in total. The van der Waals surface area contributed by atoms with E-state index < -0.39 is 0 Å². The summed E-state index contributed by atoms with van der Waals surface area (Å²) in [5.41, 5.74) is 10.5. The number of aryl methyl sites for hydroxylation is 3. The van der Waals surface area contributed by atoms with E-state index in [0.29, 0.717) is 22.0 Å². The van der Waals surface area contributed by atoms with Crippen LogP contribution in [0.25, 0.3) is 0 Å². The largest absolute Gasteiger partial charge is 0.398 e. The lowest BCUT2D eigenvalue weighted by Crippen LogP contribution is -2.13. The lowest BCUT2D eigenvalue weighted by Gasteiger charge is -2.12. The Balaban J connectivity index is 2.30. The molecule has 0 spiro atoms. The lowest BCUT2D eigenvalue weighted by molar-refractivity contribution is 0.102. The van der Waals surface area contributed by atoms with Crippen molar-refractivity contribution in [1.82, 2.24) is 0 Å². The number of carbonyl (C=O) groups is 1. The van der Waals surface area contributed by atoms with Crippen molar-refractivity contribution < 1.29 is 4.79 Å². The molecule has 0 aliphatic heterocycles. The fraction of sp³-hybridized carbons (Fsp3) is 0.188. The molecule has 2 aromatic carbocycles. The molecule has 1 amide bonds. The number of nitrogen functional groups attached to an aromatic ring is 1. The lowest BCUT2D eigenvalue weighted by atomic mass is 10.1. The van der Waals surface area contributed by atoms with Gasteiger partial charge in [0.25, 0.3) is 5.91 Å². The molecule has 0 atom stereocenters. The van der Waals surface area contributed by atoms with Gasteiger partial charge >= 0.3 is 0 Å². The van der Waals surface area contributed by atoms with Gasteiger partial charge in [0, 0.05) is 11.3 Å². The van der Waals surface area contributed by atoms with Gasteiger partial charge in [-0.2, -0.15) is 0 Å². The van der Waals surface area contributed by atoms with E-state index in [4.69, 9.17) is 17.3 Å². The Morgan fingerprint density at radius 2 is 1.80 bits per heavy atom. The number of anilines is 2. The number of hydrogen-bond acceptors (Lipinski definition) is 2.